The van der Waals surface area contributed by atoms with E-state index in [4.69, 9.17) is 0 Å². The van der Waals surface area contributed by atoms with Crippen LogP contribution >= 0.6 is 0 Å². The third-order valence-corrected chi connectivity index (χ3v) is 4.93. The molecule has 2 aliphatic rings. The summed E-state index contributed by atoms with van der Waals surface area (Å²) in [7, 11) is 0. The number of benzene rings is 1. The van der Waals surface area contributed by atoms with Gasteiger partial charge in [-0.2, -0.15) is 0 Å². The minimum Gasteiger partial charge on any atom is -0.314 e. The Morgan fingerprint density at radius 3 is 2.55 bits per heavy atom. The lowest BCUT2D eigenvalue weighted by Crippen LogP contribution is -2.43. The third-order valence-electron chi connectivity index (χ3n) is 4.93. The molecular weight excluding hydrogens is 244 g/mol. The first-order valence-corrected chi connectivity index (χ1v) is 8.32. The molecule has 2 fully saturated rings. The summed E-state index contributed by atoms with van der Waals surface area (Å²) < 4.78 is 0. The zero-order chi connectivity index (χ0) is 13.8. The first-order valence-electron chi connectivity index (χ1n) is 8.32. The van der Waals surface area contributed by atoms with Crippen molar-refractivity contribution in [1.82, 2.24) is 10.2 Å². The average Bonchev–Trinajstić information content (AvgIpc) is 2.91. The van der Waals surface area contributed by atoms with Crippen LogP contribution in [0.3, 0.4) is 0 Å². The van der Waals surface area contributed by atoms with Crippen LogP contribution in [0, 0.1) is 5.92 Å². The summed E-state index contributed by atoms with van der Waals surface area (Å²) in [6, 6.07) is 11.7. The van der Waals surface area contributed by atoms with Gasteiger partial charge in [-0.25, -0.2) is 0 Å². The molecule has 2 heteroatoms. The van der Waals surface area contributed by atoms with E-state index in [9.17, 15) is 0 Å². The van der Waals surface area contributed by atoms with E-state index < -0.39 is 0 Å². The highest BCUT2D eigenvalue weighted by Gasteiger charge is 2.29. The van der Waals surface area contributed by atoms with Crippen molar-refractivity contribution in [2.75, 3.05) is 26.2 Å². The van der Waals surface area contributed by atoms with Gasteiger partial charge in [0.05, 0.1) is 0 Å². The minimum absolute atomic E-state index is 0.751. The van der Waals surface area contributed by atoms with Crippen LogP contribution in [0.25, 0.3) is 0 Å². The molecule has 1 aromatic rings. The fraction of sp³-hybridized carbons (Fsp3) is 0.667. The number of rotatable bonds is 6. The van der Waals surface area contributed by atoms with Gasteiger partial charge in [-0.1, -0.05) is 37.3 Å². The minimum atomic E-state index is 0.751. The predicted octanol–water partition coefficient (Wildman–Crippen LogP) is 3.25. The lowest BCUT2D eigenvalue weighted by atomic mass is 9.76. The summed E-state index contributed by atoms with van der Waals surface area (Å²) in [5.74, 6) is 1.58. The Morgan fingerprint density at radius 2 is 1.85 bits per heavy atom. The summed E-state index contributed by atoms with van der Waals surface area (Å²) in [4.78, 5) is 2.62. The van der Waals surface area contributed by atoms with Crippen molar-refractivity contribution in [3.63, 3.8) is 0 Å². The highest BCUT2D eigenvalue weighted by molar-refractivity contribution is 5.22. The van der Waals surface area contributed by atoms with Crippen LogP contribution in [0.5, 0.6) is 0 Å². The van der Waals surface area contributed by atoms with Crippen molar-refractivity contribution < 1.29 is 0 Å². The van der Waals surface area contributed by atoms with E-state index in [0.717, 1.165) is 17.9 Å². The second kappa shape index (κ2) is 6.73. The maximum absolute atomic E-state index is 3.77. The SMILES string of the molecule is CC(CNC1CC(c2ccccc2)C1)CN1CCCC1. The maximum Gasteiger partial charge on any atom is 0.00788 e. The van der Waals surface area contributed by atoms with E-state index in [2.05, 4.69) is 47.5 Å². The molecule has 1 heterocycles. The fourth-order valence-electron chi connectivity index (χ4n) is 3.62. The predicted molar refractivity (Wildman–Crippen MR) is 85.0 cm³/mol. The standard InChI is InChI=1S/C18H28N2/c1-15(14-20-9-5-6-10-20)13-19-18-11-17(12-18)16-7-3-2-4-8-16/h2-4,7-8,15,17-19H,5-6,9-14H2,1H3. The average molecular weight is 272 g/mol. The molecule has 1 saturated carbocycles. The Balaban J connectivity index is 1.32. The van der Waals surface area contributed by atoms with Crippen molar-refractivity contribution >= 4 is 0 Å². The van der Waals surface area contributed by atoms with Crippen molar-refractivity contribution in [2.45, 2.75) is 44.6 Å². The molecule has 0 amide bonds. The Hall–Kier alpha value is -0.860. The van der Waals surface area contributed by atoms with Crippen molar-refractivity contribution in [3.8, 4) is 0 Å². The first kappa shape index (κ1) is 14.1. The van der Waals surface area contributed by atoms with E-state index in [1.165, 1.54) is 57.4 Å². The van der Waals surface area contributed by atoms with Gasteiger partial charge in [0.15, 0.2) is 0 Å². The molecule has 0 radical (unpaired) electrons. The van der Waals surface area contributed by atoms with Crippen molar-refractivity contribution in [2.24, 2.45) is 5.92 Å². The van der Waals surface area contributed by atoms with Crippen LogP contribution < -0.4 is 5.32 Å². The lowest BCUT2D eigenvalue weighted by molar-refractivity contribution is 0.245. The van der Waals surface area contributed by atoms with Gasteiger partial charge in [-0.3, -0.25) is 0 Å². The van der Waals surface area contributed by atoms with Crippen LogP contribution in [-0.2, 0) is 0 Å². The number of hydrogen-bond donors (Lipinski definition) is 1. The van der Waals surface area contributed by atoms with Gasteiger partial charge >= 0.3 is 0 Å². The smallest absolute Gasteiger partial charge is 0.00788 e. The van der Waals surface area contributed by atoms with E-state index in [1.807, 2.05) is 0 Å². The number of likely N-dealkylation sites (tertiary alicyclic amines) is 1. The molecule has 1 aliphatic heterocycles. The normalized spacial score (nSPS) is 28.2. The summed E-state index contributed by atoms with van der Waals surface area (Å²) in [6.45, 7) is 7.50. The monoisotopic (exact) mass is 272 g/mol. The number of hydrogen-bond acceptors (Lipinski definition) is 2. The Kier molecular flexibility index (Phi) is 4.74. The van der Waals surface area contributed by atoms with Crippen molar-refractivity contribution in [3.05, 3.63) is 35.9 Å². The van der Waals surface area contributed by atoms with Crippen LogP contribution in [0.15, 0.2) is 30.3 Å². The fourth-order valence-corrected chi connectivity index (χ4v) is 3.62. The molecule has 110 valence electrons. The molecule has 0 aromatic heterocycles. The molecule has 1 aromatic carbocycles. The van der Waals surface area contributed by atoms with Crippen molar-refractivity contribution in [1.29, 1.82) is 0 Å². The summed E-state index contributed by atoms with van der Waals surface area (Å²) in [5, 5.41) is 3.77. The van der Waals surface area contributed by atoms with E-state index >= 15 is 0 Å². The molecule has 1 unspecified atom stereocenters. The van der Waals surface area contributed by atoms with E-state index in [1.54, 1.807) is 0 Å². The van der Waals surface area contributed by atoms with Gasteiger partial charge in [-0.05, 0) is 62.7 Å². The molecule has 1 saturated heterocycles. The topological polar surface area (TPSA) is 15.3 Å². The first-order chi connectivity index (χ1) is 9.81. The van der Waals surface area contributed by atoms with Gasteiger partial charge in [-0.15, -0.1) is 0 Å². The van der Waals surface area contributed by atoms with Gasteiger partial charge in [0.1, 0.15) is 0 Å². The number of nitrogens with one attached hydrogen (secondary N) is 1. The number of nitrogens with zero attached hydrogens (tertiary/aromatic N) is 1. The molecule has 0 bridgehead atoms. The lowest BCUT2D eigenvalue weighted by Gasteiger charge is -2.37. The summed E-state index contributed by atoms with van der Waals surface area (Å²) in [6.07, 6.45) is 5.45. The summed E-state index contributed by atoms with van der Waals surface area (Å²) in [5.41, 5.74) is 1.52. The quantitative estimate of drug-likeness (QED) is 0.855. The maximum atomic E-state index is 3.77. The Labute approximate surface area is 123 Å². The molecule has 0 spiro atoms. The zero-order valence-electron chi connectivity index (χ0n) is 12.7. The van der Waals surface area contributed by atoms with Crippen LogP contribution in [-0.4, -0.2) is 37.1 Å². The molecule has 3 rings (SSSR count). The second-order valence-corrected chi connectivity index (χ2v) is 6.80. The zero-order valence-corrected chi connectivity index (χ0v) is 12.7. The highest BCUT2D eigenvalue weighted by Crippen LogP contribution is 2.36. The van der Waals surface area contributed by atoms with Gasteiger partial charge in [0.25, 0.3) is 0 Å². The molecule has 1 N–H and O–H groups in total. The molecular formula is C18H28N2. The Bertz CT molecular complexity index is 391. The van der Waals surface area contributed by atoms with E-state index in [-0.39, 0.29) is 0 Å². The molecule has 1 atom stereocenters. The van der Waals surface area contributed by atoms with Crippen LogP contribution in [0.4, 0.5) is 0 Å². The molecule has 2 nitrogen and oxygen atoms in total. The molecule has 20 heavy (non-hydrogen) atoms. The second-order valence-electron chi connectivity index (χ2n) is 6.80. The van der Waals surface area contributed by atoms with Crippen LogP contribution in [0.2, 0.25) is 0 Å². The largest absolute Gasteiger partial charge is 0.314 e. The third kappa shape index (κ3) is 3.62. The molecule has 1 aliphatic carbocycles. The van der Waals surface area contributed by atoms with E-state index in [0.29, 0.717) is 0 Å². The van der Waals surface area contributed by atoms with Gasteiger partial charge < -0.3 is 10.2 Å². The van der Waals surface area contributed by atoms with Crippen LogP contribution in [0.1, 0.15) is 44.1 Å². The van der Waals surface area contributed by atoms with Gasteiger partial charge in [0, 0.05) is 12.6 Å². The summed E-state index contributed by atoms with van der Waals surface area (Å²) >= 11 is 0. The highest BCUT2D eigenvalue weighted by atomic mass is 15.1. The van der Waals surface area contributed by atoms with Gasteiger partial charge in [0.2, 0.25) is 0 Å². The Morgan fingerprint density at radius 1 is 1.15 bits per heavy atom.